The van der Waals surface area contributed by atoms with Crippen LogP contribution < -0.4 is 25.5 Å². The lowest BCUT2D eigenvalue weighted by atomic mass is 9.93. The van der Waals surface area contributed by atoms with E-state index in [1.807, 2.05) is 60.4 Å². The van der Waals surface area contributed by atoms with E-state index >= 15 is 0 Å². The summed E-state index contributed by atoms with van der Waals surface area (Å²) in [4.78, 5) is 17.1. The number of aromatic nitrogens is 2. The molecule has 5 rings (SSSR count). The summed E-state index contributed by atoms with van der Waals surface area (Å²) in [6.45, 7) is 3.07. The van der Waals surface area contributed by atoms with E-state index in [0.29, 0.717) is 47.8 Å². The Hall–Kier alpha value is -4.08. The van der Waals surface area contributed by atoms with Gasteiger partial charge in [0.1, 0.15) is 11.6 Å². The van der Waals surface area contributed by atoms with Crippen molar-refractivity contribution >= 4 is 22.6 Å². The molecule has 0 radical (unpaired) electrons. The Kier molecular flexibility index (Phi) is 7.53. The number of fused-ring (bicyclic) bond motifs is 1. The number of carbonyl (C=O) groups excluding carboxylic acids is 1. The molecule has 2 aromatic heterocycles. The molecule has 0 atom stereocenters. The summed E-state index contributed by atoms with van der Waals surface area (Å²) in [6, 6.07) is 17.1. The molecular formula is C28H31N5O4. The SMILES string of the molecule is CNn1ccc2cc(Oc3ccnc(NC(=O)c4ccc(C5CNC5)cc4)c3)c(OCCCOC)cc21. The van der Waals surface area contributed by atoms with Gasteiger partial charge in [-0.3, -0.25) is 9.47 Å². The van der Waals surface area contributed by atoms with Crippen LogP contribution >= 0.6 is 0 Å². The Morgan fingerprint density at radius 2 is 1.92 bits per heavy atom. The molecule has 4 aromatic rings. The van der Waals surface area contributed by atoms with Gasteiger partial charge in [-0.2, -0.15) is 0 Å². The molecule has 1 fully saturated rings. The van der Waals surface area contributed by atoms with Crippen molar-refractivity contribution in [2.45, 2.75) is 12.3 Å². The van der Waals surface area contributed by atoms with Gasteiger partial charge in [-0.1, -0.05) is 12.1 Å². The Morgan fingerprint density at radius 1 is 1.08 bits per heavy atom. The van der Waals surface area contributed by atoms with Crippen LogP contribution in [0.3, 0.4) is 0 Å². The number of hydrogen-bond donors (Lipinski definition) is 3. The van der Waals surface area contributed by atoms with Gasteiger partial charge in [0.05, 0.1) is 12.1 Å². The van der Waals surface area contributed by atoms with Gasteiger partial charge < -0.3 is 30.3 Å². The third kappa shape index (κ3) is 5.68. The van der Waals surface area contributed by atoms with Crippen molar-refractivity contribution in [2.24, 2.45) is 0 Å². The van der Waals surface area contributed by atoms with E-state index in [1.165, 1.54) is 5.56 Å². The van der Waals surface area contributed by atoms with E-state index in [4.69, 9.17) is 14.2 Å². The average molecular weight is 502 g/mol. The molecule has 1 aliphatic rings. The highest BCUT2D eigenvalue weighted by molar-refractivity contribution is 6.03. The molecule has 0 unspecified atom stereocenters. The van der Waals surface area contributed by atoms with E-state index in [0.717, 1.165) is 30.4 Å². The van der Waals surface area contributed by atoms with Gasteiger partial charge in [0.25, 0.3) is 5.91 Å². The number of benzene rings is 2. The van der Waals surface area contributed by atoms with Crippen LogP contribution in [0.15, 0.2) is 67.0 Å². The molecule has 1 amide bonds. The third-order valence-electron chi connectivity index (χ3n) is 6.37. The van der Waals surface area contributed by atoms with Crippen LogP contribution in [-0.2, 0) is 4.74 Å². The fourth-order valence-electron chi connectivity index (χ4n) is 4.20. The minimum absolute atomic E-state index is 0.222. The Balaban J connectivity index is 1.32. The van der Waals surface area contributed by atoms with Crippen LogP contribution in [0.1, 0.15) is 28.3 Å². The van der Waals surface area contributed by atoms with Gasteiger partial charge >= 0.3 is 0 Å². The third-order valence-corrected chi connectivity index (χ3v) is 6.37. The van der Waals surface area contributed by atoms with Crippen LogP contribution in [0.2, 0.25) is 0 Å². The molecule has 2 aromatic carbocycles. The van der Waals surface area contributed by atoms with E-state index in [1.54, 1.807) is 25.4 Å². The van der Waals surface area contributed by atoms with Crippen molar-refractivity contribution < 1.29 is 19.0 Å². The summed E-state index contributed by atoms with van der Waals surface area (Å²) >= 11 is 0. The lowest BCUT2D eigenvalue weighted by molar-refractivity contribution is 0.102. The first-order valence-corrected chi connectivity index (χ1v) is 12.3. The zero-order valence-corrected chi connectivity index (χ0v) is 21.0. The zero-order valence-electron chi connectivity index (χ0n) is 21.0. The van der Waals surface area contributed by atoms with Crippen molar-refractivity contribution in [3.8, 4) is 17.2 Å². The van der Waals surface area contributed by atoms with E-state index < -0.39 is 0 Å². The lowest BCUT2D eigenvalue weighted by Crippen LogP contribution is -2.39. The highest BCUT2D eigenvalue weighted by Crippen LogP contribution is 2.36. The fourth-order valence-corrected chi connectivity index (χ4v) is 4.20. The van der Waals surface area contributed by atoms with Crippen LogP contribution in [0.25, 0.3) is 10.9 Å². The average Bonchev–Trinajstić information content (AvgIpc) is 3.28. The number of amides is 1. The topological polar surface area (TPSA) is 98.7 Å². The predicted molar refractivity (Wildman–Crippen MR) is 144 cm³/mol. The molecule has 3 N–H and O–H groups in total. The minimum atomic E-state index is -0.222. The predicted octanol–water partition coefficient (Wildman–Crippen LogP) is 4.36. The number of nitrogens with one attached hydrogen (secondary N) is 3. The Bertz CT molecular complexity index is 1370. The number of pyridine rings is 1. The molecule has 0 saturated carbocycles. The van der Waals surface area contributed by atoms with Gasteiger partial charge in [-0.15, -0.1) is 0 Å². The lowest BCUT2D eigenvalue weighted by Gasteiger charge is -2.27. The number of ether oxygens (including phenoxy) is 3. The highest BCUT2D eigenvalue weighted by atomic mass is 16.5. The van der Waals surface area contributed by atoms with Crippen molar-refractivity contribution in [1.82, 2.24) is 15.0 Å². The molecule has 1 aliphatic heterocycles. The largest absolute Gasteiger partial charge is 0.490 e. The first-order valence-electron chi connectivity index (χ1n) is 12.3. The van der Waals surface area contributed by atoms with Crippen LogP contribution in [-0.4, -0.2) is 56.0 Å². The summed E-state index contributed by atoms with van der Waals surface area (Å²) < 4.78 is 19.3. The number of methoxy groups -OCH3 is 1. The molecule has 37 heavy (non-hydrogen) atoms. The molecule has 9 nitrogen and oxygen atoms in total. The van der Waals surface area contributed by atoms with Gasteiger partial charge in [-0.05, 0) is 35.9 Å². The monoisotopic (exact) mass is 501 g/mol. The number of nitrogens with zero attached hydrogens (tertiary/aromatic N) is 2. The minimum Gasteiger partial charge on any atom is -0.490 e. The van der Waals surface area contributed by atoms with Crippen LogP contribution in [0.5, 0.6) is 17.2 Å². The van der Waals surface area contributed by atoms with E-state index in [-0.39, 0.29) is 5.91 Å². The van der Waals surface area contributed by atoms with Crippen molar-refractivity contribution in [3.05, 3.63) is 78.1 Å². The second-order valence-electron chi connectivity index (χ2n) is 8.87. The molecule has 0 spiro atoms. The summed E-state index contributed by atoms with van der Waals surface area (Å²) in [5.41, 5.74) is 5.92. The molecule has 0 bridgehead atoms. The van der Waals surface area contributed by atoms with Gasteiger partial charge in [0.2, 0.25) is 0 Å². The molecule has 3 heterocycles. The molecule has 0 aliphatic carbocycles. The van der Waals surface area contributed by atoms with Gasteiger partial charge in [0.15, 0.2) is 11.5 Å². The van der Waals surface area contributed by atoms with E-state index in [9.17, 15) is 4.79 Å². The first kappa shape index (κ1) is 24.6. The fraction of sp³-hybridized carbons (Fsp3) is 0.286. The summed E-state index contributed by atoms with van der Waals surface area (Å²) in [5, 5.41) is 7.13. The molecule has 1 saturated heterocycles. The van der Waals surface area contributed by atoms with E-state index in [2.05, 4.69) is 21.0 Å². The van der Waals surface area contributed by atoms with Crippen molar-refractivity contribution in [2.75, 3.05) is 51.2 Å². The highest BCUT2D eigenvalue weighted by Gasteiger charge is 2.19. The number of hydrogen-bond acceptors (Lipinski definition) is 7. The maximum Gasteiger partial charge on any atom is 0.256 e. The number of anilines is 1. The molecule has 9 heteroatoms. The summed E-state index contributed by atoms with van der Waals surface area (Å²) in [7, 11) is 3.53. The summed E-state index contributed by atoms with van der Waals surface area (Å²) in [6.07, 6.45) is 4.30. The van der Waals surface area contributed by atoms with Crippen LogP contribution in [0.4, 0.5) is 5.82 Å². The number of carbonyl (C=O) groups is 1. The second-order valence-corrected chi connectivity index (χ2v) is 8.87. The second kappa shape index (κ2) is 11.3. The maximum atomic E-state index is 12.8. The molecular weight excluding hydrogens is 470 g/mol. The first-order chi connectivity index (χ1) is 18.1. The van der Waals surface area contributed by atoms with Crippen LogP contribution in [0, 0.1) is 0 Å². The van der Waals surface area contributed by atoms with Gasteiger partial charge in [-0.25, -0.2) is 4.98 Å². The smallest absolute Gasteiger partial charge is 0.256 e. The van der Waals surface area contributed by atoms with Gasteiger partial charge in [0, 0.05) is 81.7 Å². The Morgan fingerprint density at radius 3 is 2.65 bits per heavy atom. The Labute approximate surface area is 215 Å². The van der Waals surface area contributed by atoms with Crippen molar-refractivity contribution in [1.29, 1.82) is 0 Å². The normalized spacial score (nSPS) is 13.2. The standard InChI is InChI=1S/C28H31N5O4/c1-29-33-11-9-21-14-26(25(16-24(21)33)36-13-3-12-35-2)37-23-8-10-31-27(15-23)32-28(34)20-6-4-19(5-7-20)22-17-30-18-22/h4-11,14-16,22,29-30H,3,12-13,17-18H2,1-2H3,(H,31,32,34). The quantitative estimate of drug-likeness (QED) is 0.263. The zero-order chi connectivity index (χ0) is 25.6. The maximum absolute atomic E-state index is 12.8. The van der Waals surface area contributed by atoms with Crippen molar-refractivity contribution in [3.63, 3.8) is 0 Å². The molecule has 192 valence electrons. The number of rotatable bonds is 11. The summed E-state index contributed by atoms with van der Waals surface area (Å²) in [5.74, 6) is 2.43.